The minimum atomic E-state index is -6.87. The summed E-state index contributed by atoms with van der Waals surface area (Å²) in [7, 11) is -5.19. The lowest BCUT2D eigenvalue weighted by Gasteiger charge is -2.29. The maximum Gasteiger partial charge on any atom is 0.460 e. The molecule has 0 aliphatic heterocycles. The van der Waals surface area contributed by atoms with E-state index in [-0.39, 0.29) is 0 Å². The Labute approximate surface area is 209 Å². The Hall–Kier alpha value is -0.990. The molecule has 33 heavy (non-hydrogen) atoms. The van der Waals surface area contributed by atoms with Crippen LogP contribution < -0.4 is 4.74 Å². The van der Waals surface area contributed by atoms with E-state index in [4.69, 9.17) is 9.29 Å². The van der Waals surface area contributed by atoms with Crippen LogP contribution in [0.3, 0.4) is 0 Å². The maximum absolute atomic E-state index is 12.4. The van der Waals surface area contributed by atoms with E-state index in [1.54, 1.807) is 7.11 Å². The van der Waals surface area contributed by atoms with Gasteiger partial charge >= 0.3 is 31.5 Å². The molecule has 0 spiro atoms. The zero-order valence-electron chi connectivity index (χ0n) is 15.9. The Morgan fingerprint density at radius 3 is 1.73 bits per heavy atom. The van der Waals surface area contributed by atoms with Crippen LogP contribution >= 0.6 is 45.2 Å². The van der Waals surface area contributed by atoms with E-state index >= 15 is 0 Å². The van der Waals surface area contributed by atoms with Gasteiger partial charge in [-0.05, 0) is 51.9 Å². The number of halogens is 10. The first kappa shape index (κ1) is 30.0. The average molecular weight is 734 g/mol. The van der Waals surface area contributed by atoms with Crippen LogP contribution in [0.2, 0.25) is 0 Å². The van der Waals surface area contributed by atoms with Gasteiger partial charge in [-0.25, -0.2) is 4.74 Å². The molecule has 2 rings (SSSR count). The lowest BCUT2D eigenvalue weighted by atomic mass is 10.1. The minimum absolute atomic E-state index is 0.390. The van der Waals surface area contributed by atoms with Gasteiger partial charge in [0.15, 0.2) is 0 Å². The third kappa shape index (κ3) is 7.49. The van der Waals surface area contributed by atoms with Crippen molar-refractivity contribution < 1.29 is 57.6 Å². The Balaban J connectivity index is 0.000000334. The topological polar surface area (TPSA) is 72.8 Å². The molecule has 2 aromatic carbocycles. The van der Waals surface area contributed by atoms with Gasteiger partial charge in [0.1, 0.15) is 5.75 Å². The van der Waals surface area contributed by atoms with Gasteiger partial charge < -0.3 is 4.74 Å². The average Bonchev–Trinajstić information content (AvgIpc) is 2.66. The third-order valence-corrected chi connectivity index (χ3v) is 5.98. The predicted octanol–water partition coefficient (Wildman–Crippen LogP) is 6.66. The van der Waals surface area contributed by atoms with Gasteiger partial charge in [0.25, 0.3) is 0 Å². The second-order valence-electron chi connectivity index (χ2n) is 5.83. The molecule has 0 radical (unpaired) electrons. The van der Waals surface area contributed by atoms with Gasteiger partial charge in [0, 0.05) is 26.2 Å². The van der Waals surface area contributed by atoms with Crippen molar-refractivity contribution in [1.29, 1.82) is 0 Å². The number of hydrogen-bond donors (Lipinski definition) is 1. The van der Waals surface area contributed by atoms with Crippen molar-refractivity contribution in [1.82, 2.24) is 0 Å². The molecule has 0 saturated heterocycles. The number of hydrogen-bond acceptors (Lipinski definition) is 4. The van der Waals surface area contributed by atoms with Crippen molar-refractivity contribution in [2.24, 2.45) is 0 Å². The van der Waals surface area contributed by atoms with Gasteiger partial charge in [-0.2, -0.15) is 43.5 Å². The first-order valence-electron chi connectivity index (χ1n) is 8.03. The number of methoxy groups -OCH3 is 1. The SMILES string of the molecule is COc1ccc(-c2ccccc2I)cc1.O=S(=O)(O)C(F)(F)C(F)(F)OC(F)(F)C(F)(F)I. The second-order valence-corrected chi connectivity index (χ2v) is 9.81. The second kappa shape index (κ2) is 10.7. The summed E-state index contributed by atoms with van der Waals surface area (Å²) in [4.78, 5) is 0. The molecule has 0 saturated carbocycles. The highest BCUT2D eigenvalue weighted by atomic mass is 127. The maximum atomic E-state index is 12.4. The van der Waals surface area contributed by atoms with Gasteiger partial charge in [-0.3, -0.25) is 4.55 Å². The fourth-order valence-electron chi connectivity index (χ4n) is 1.89. The van der Waals surface area contributed by atoms with Crippen molar-refractivity contribution in [2.45, 2.75) is 21.4 Å². The summed E-state index contributed by atoms with van der Waals surface area (Å²) in [6.45, 7) is 0. The molecule has 0 fully saturated rings. The highest BCUT2D eigenvalue weighted by molar-refractivity contribution is 14.1. The molecular formula is C17H12F8I2O5S. The first-order valence-corrected chi connectivity index (χ1v) is 11.6. The van der Waals surface area contributed by atoms with Crippen LogP contribution in [0.25, 0.3) is 11.1 Å². The summed E-state index contributed by atoms with van der Waals surface area (Å²) in [5, 5.41) is -6.54. The van der Waals surface area contributed by atoms with Gasteiger partial charge in [-0.15, -0.1) is 0 Å². The van der Waals surface area contributed by atoms with Crippen LogP contribution in [0.15, 0.2) is 48.5 Å². The fourth-order valence-corrected chi connectivity index (χ4v) is 3.05. The van der Waals surface area contributed by atoms with Crippen molar-refractivity contribution in [2.75, 3.05) is 7.11 Å². The molecule has 0 aliphatic rings. The van der Waals surface area contributed by atoms with E-state index < -0.39 is 54.1 Å². The smallest absolute Gasteiger partial charge is 0.460 e. The number of rotatable bonds is 7. The zero-order chi connectivity index (χ0) is 25.9. The van der Waals surface area contributed by atoms with Crippen LogP contribution in [-0.4, -0.2) is 41.5 Å². The van der Waals surface area contributed by atoms with Crippen LogP contribution in [0, 0.1) is 3.57 Å². The monoisotopic (exact) mass is 734 g/mol. The standard InChI is InChI=1S/C13H11IO.C4HF8IO4S/c1-15-11-8-6-10(7-9-11)12-4-2-3-5-13(12)14;5-1(6,13)2(7,8)17-3(9,10)4(11,12)18(14,15)16/h2-9H,1H3;(H,14,15,16). The lowest BCUT2D eigenvalue weighted by molar-refractivity contribution is -0.438. The molecule has 0 bridgehead atoms. The molecule has 0 aromatic heterocycles. The van der Waals surface area contributed by atoms with Crippen molar-refractivity contribution >= 4 is 55.3 Å². The molecule has 2 aromatic rings. The molecule has 0 atom stereocenters. The Morgan fingerprint density at radius 2 is 1.33 bits per heavy atom. The van der Waals surface area contributed by atoms with Crippen LogP contribution in [0.5, 0.6) is 5.75 Å². The van der Waals surface area contributed by atoms with E-state index in [2.05, 4.69) is 59.0 Å². The van der Waals surface area contributed by atoms with Crippen molar-refractivity contribution in [3.05, 3.63) is 52.1 Å². The minimum Gasteiger partial charge on any atom is -0.497 e. The van der Waals surface area contributed by atoms with Crippen molar-refractivity contribution in [3.8, 4) is 16.9 Å². The molecule has 5 nitrogen and oxygen atoms in total. The van der Waals surface area contributed by atoms with Crippen LogP contribution in [-0.2, 0) is 14.9 Å². The third-order valence-electron chi connectivity index (χ3n) is 3.52. The van der Waals surface area contributed by atoms with Gasteiger partial charge in [0.2, 0.25) is 0 Å². The Morgan fingerprint density at radius 1 is 0.848 bits per heavy atom. The first-order chi connectivity index (χ1) is 14.8. The molecular weight excluding hydrogens is 722 g/mol. The molecule has 0 aliphatic carbocycles. The summed E-state index contributed by atoms with van der Waals surface area (Å²) < 4.78 is 128. The molecule has 0 heterocycles. The molecule has 0 amide bonds. The Kier molecular flexibility index (Phi) is 9.77. The number of benzene rings is 2. The summed E-state index contributed by atoms with van der Waals surface area (Å²) >= 11 is 1.96. The molecule has 186 valence electrons. The lowest BCUT2D eigenvalue weighted by Crippen LogP contribution is -2.54. The summed E-state index contributed by atoms with van der Waals surface area (Å²) in [6, 6.07) is 16.5. The normalized spacial score (nSPS) is 13.2. The summed E-state index contributed by atoms with van der Waals surface area (Å²) in [6.07, 6.45) is -12.7. The van der Waals surface area contributed by atoms with E-state index in [1.807, 2.05) is 16.9 Å². The predicted molar refractivity (Wildman–Crippen MR) is 118 cm³/mol. The van der Waals surface area contributed by atoms with Gasteiger partial charge in [0.05, 0.1) is 7.11 Å². The highest BCUT2D eigenvalue weighted by Gasteiger charge is 2.73. The van der Waals surface area contributed by atoms with E-state index in [0.717, 1.165) is 5.75 Å². The van der Waals surface area contributed by atoms with E-state index in [1.165, 1.54) is 14.7 Å². The summed E-state index contributed by atoms with van der Waals surface area (Å²) in [5.74, 6) is 0.893. The zero-order valence-corrected chi connectivity index (χ0v) is 21.0. The molecule has 16 heteroatoms. The van der Waals surface area contributed by atoms with E-state index in [0.29, 0.717) is 0 Å². The quantitative estimate of drug-likeness (QED) is 0.149. The van der Waals surface area contributed by atoms with E-state index in [9.17, 15) is 43.5 Å². The van der Waals surface area contributed by atoms with Crippen LogP contribution in [0.4, 0.5) is 35.1 Å². The number of alkyl halides is 9. The largest absolute Gasteiger partial charge is 0.497 e. The highest BCUT2D eigenvalue weighted by Crippen LogP contribution is 2.48. The van der Waals surface area contributed by atoms with Crippen molar-refractivity contribution in [3.63, 3.8) is 0 Å². The van der Waals surface area contributed by atoms with Gasteiger partial charge in [-0.1, -0.05) is 30.3 Å². The number of ether oxygens (including phenoxy) is 2. The fraction of sp³-hybridized carbons (Fsp3) is 0.294. The van der Waals surface area contributed by atoms with Crippen LogP contribution in [0.1, 0.15) is 0 Å². The Bertz CT molecular complexity index is 1040. The summed E-state index contributed by atoms with van der Waals surface area (Å²) in [5.41, 5.74) is 2.49. The molecule has 1 N–H and O–H groups in total. The molecule has 0 unspecified atom stereocenters.